The zero-order chi connectivity index (χ0) is 28.1. The van der Waals surface area contributed by atoms with E-state index in [4.69, 9.17) is 9.47 Å². The Balaban J connectivity index is 1.49. The highest BCUT2D eigenvalue weighted by molar-refractivity contribution is 8.18. The number of nitro benzene ring substituents is 2. The average molecular weight is 551 g/mol. The van der Waals surface area contributed by atoms with Crippen molar-refractivity contribution >= 4 is 52.0 Å². The summed E-state index contributed by atoms with van der Waals surface area (Å²) in [4.78, 5) is 59.5. The number of imide groups is 1. The van der Waals surface area contributed by atoms with Gasteiger partial charge in [-0.3, -0.25) is 39.5 Å². The van der Waals surface area contributed by atoms with Crippen LogP contribution in [0, 0.1) is 20.2 Å². The van der Waals surface area contributed by atoms with Crippen LogP contribution in [0.25, 0.3) is 6.08 Å². The van der Waals surface area contributed by atoms with Gasteiger partial charge in [0.25, 0.3) is 16.8 Å². The van der Waals surface area contributed by atoms with Crippen molar-refractivity contribution < 1.29 is 33.7 Å². The zero-order valence-electron chi connectivity index (χ0n) is 20.1. The van der Waals surface area contributed by atoms with E-state index in [2.05, 4.69) is 5.32 Å². The van der Waals surface area contributed by atoms with Gasteiger partial charge in [0.15, 0.2) is 0 Å². The molecule has 0 aromatic heterocycles. The highest BCUT2D eigenvalue weighted by Gasteiger charge is 2.36. The number of amides is 3. The molecule has 1 saturated heterocycles. The maximum absolute atomic E-state index is 12.9. The summed E-state index contributed by atoms with van der Waals surface area (Å²) in [7, 11) is 1.44. The summed E-state index contributed by atoms with van der Waals surface area (Å²) in [5, 5.41) is 24.3. The van der Waals surface area contributed by atoms with Crippen molar-refractivity contribution in [3.63, 3.8) is 0 Å². The van der Waals surface area contributed by atoms with E-state index in [1.807, 2.05) is 0 Å². The van der Waals surface area contributed by atoms with Crippen LogP contribution in [0.1, 0.15) is 5.56 Å². The predicted octanol–water partition coefficient (Wildman–Crippen LogP) is 4.98. The summed E-state index contributed by atoms with van der Waals surface area (Å²) in [6.07, 6.45) is 1.42. The number of hydrogen-bond acceptors (Lipinski definition) is 10. The topological polar surface area (TPSA) is 171 Å². The molecule has 0 unspecified atom stereocenters. The molecule has 3 aromatic carbocycles. The fourth-order valence-corrected chi connectivity index (χ4v) is 4.35. The Morgan fingerprint density at radius 3 is 2.49 bits per heavy atom. The van der Waals surface area contributed by atoms with Gasteiger partial charge in [-0.15, -0.1) is 0 Å². The molecule has 0 bridgehead atoms. The van der Waals surface area contributed by atoms with Crippen LogP contribution >= 0.6 is 11.8 Å². The molecule has 3 amide bonds. The standard InChI is InChI=1S/C25H18N4O9S/c1-37-20-8-3-2-7-18(20)26-23(30)14-27-24(31)22(39-25(27)32)12-15-5-4-6-17(11-15)38-21-10-9-16(28(33)34)13-19(21)29(35)36/h2-13H,14H2,1H3,(H,26,30)/b22-12+. The molecule has 13 nitrogen and oxygen atoms in total. The Labute approximate surface area is 224 Å². The highest BCUT2D eigenvalue weighted by atomic mass is 32.2. The average Bonchev–Trinajstić information content (AvgIpc) is 3.16. The first kappa shape index (κ1) is 26.8. The lowest BCUT2D eigenvalue weighted by atomic mass is 10.2. The number of non-ortho nitro benzene ring substituents is 1. The number of rotatable bonds is 9. The molecule has 14 heteroatoms. The minimum absolute atomic E-state index is 0.0589. The first-order valence-corrected chi connectivity index (χ1v) is 11.9. The fraction of sp³-hybridized carbons (Fsp3) is 0.0800. The number of ether oxygens (including phenoxy) is 2. The van der Waals surface area contributed by atoms with Gasteiger partial charge in [-0.05, 0) is 53.7 Å². The molecule has 0 aliphatic carbocycles. The molecule has 0 spiro atoms. The lowest BCUT2D eigenvalue weighted by molar-refractivity contribution is -0.394. The monoisotopic (exact) mass is 550 g/mol. The summed E-state index contributed by atoms with van der Waals surface area (Å²) in [6.45, 7) is -0.507. The van der Waals surface area contributed by atoms with Gasteiger partial charge in [0.1, 0.15) is 18.0 Å². The molecule has 0 atom stereocenters. The van der Waals surface area contributed by atoms with Crippen molar-refractivity contribution in [2.75, 3.05) is 19.0 Å². The number of carbonyl (C=O) groups excluding carboxylic acids is 3. The van der Waals surface area contributed by atoms with E-state index in [-0.39, 0.29) is 16.4 Å². The Bertz CT molecular complexity index is 1540. The van der Waals surface area contributed by atoms with E-state index < -0.39 is 44.8 Å². The van der Waals surface area contributed by atoms with Crippen LogP contribution in [-0.4, -0.2) is 45.5 Å². The third-order valence-corrected chi connectivity index (χ3v) is 6.20. The molecule has 1 fully saturated rings. The molecule has 198 valence electrons. The van der Waals surface area contributed by atoms with Crippen LogP contribution in [0.5, 0.6) is 17.2 Å². The number of nitrogens with one attached hydrogen (secondary N) is 1. The van der Waals surface area contributed by atoms with Gasteiger partial charge in [0.2, 0.25) is 11.7 Å². The molecule has 1 N–H and O–H groups in total. The van der Waals surface area contributed by atoms with Crippen LogP contribution in [0.3, 0.4) is 0 Å². The summed E-state index contributed by atoms with van der Waals surface area (Å²) >= 11 is 0.653. The number of para-hydroxylation sites is 2. The van der Waals surface area contributed by atoms with E-state index in [1.54, 1.807) is 36.4 Å². The molecule has 1 aliphatic heterocycles. The summed E-state index contributed by atoms with van der Waals surface area (Å²) < 4.78 is 10.8. The van der Waals surface area contributed by atoms with Crippen LogP contribution in [0.15, 0.2) is 71.6 Å². The lowest BCUT2D eigenvalue weighted by Crippen LogP contribution is -2.36. The smallest absolute Gasteiger partial charge is 0.318 e. The van der Waals surface area contributed by atoms with Gasteiger partial charge in [0, 0.05) is 6.07 Å². The third-order valence-electron chi connectivity index (χ3n) is 5.29. The van der Waals surface area contributed by atoms with E-state index >= 15 is 0 Å². The van der Waals surface area contributed by atoms with Crippen molar-refractivity contribution in [2.45, 2.75) is 0 Å². The molecule has 3 aromatic rings. The number of hydrogen-bond donors (Lipinski definition) is 1. The number of thioether (sulfide) groups is 1. The van der Waals surface area contributed by atoms with E-state index in [0.717, 1.165) is 23.1 Å². The van der Waals surface area contributed by atoms with Gasteiger partial charge < -0.3 is 14.8 Å². The lowest BCUT2D eigenvalue weighted by Gasteiger charge is -2.14. The van der Waals surface area contributed by atoms with Crippen molar-refractivity contribution in [3.8, 4) is 17.2 Å². The van der Waals surface area contributed by atoms with Crippen LogP contribution in [-0.2, 0) is 9.59 Å². The van der Waals surface area contributed by atoms with Gasteiger partial charge in [-0.2, -0.15) is 0 Å². The molecule has 1 heterocycles. The van der Waals surface area contributed by atoms with E-state index in [9.17, 15) is 34.6 Å². The molecule has 4 rings (SSSR count). The zero-order valence-corrected chi connectivity index (χ0v) is 20.9. The predicted molar refractivity (Wildman–Crippen MR) is 141 cm³/mol. The van der Waals surface area contributed by atoms with Crippen LogP contribution < -0.4 is 14.8 Å². The molecule has 0 saturated carbocycles. The third kappa shape index (κ3) is 6.19. The highest BCUT2D eigenvalue weighted by Crippen LogP contribution is 2.36. The molecule has 0 radical (unpaired) electrons. The minimum Gasteiger partial charge on any atom is -0.495 e. The van der Waals surface area contributed by atoms with E-state index in [1.165, 1.54) is 25.3 Å². The second-order valence-electron chi connectivity index (χ2n) is 7.86. The maximum Gasteiger partial charge on any atom is 0.318 e. The first-order chi connectivity index (χ1) is 18.7. The van der Waals surface area contributed by atoms with E-state index in [0.29, 0.717) is 28.8 Å². The Hall–Kier alpha value is -5.24. The summed E-state index contributed by atoms with van der Waals surface area (Å²) in [5.74, 6) is -0.915. The molecule has 39 heavy (non-hydrogen) atoms. The number of nitrogens with zero attached hydrogens (tertiary/aromatic N) is 3. The van der Waals surface area contributed by atoms with Gasteiger partial charge in [0.05, 0.1) is 33.6 Å². The largest absolute Gasteiger partial charge is 0.495 e. The Morgan fingerprint density at radius 1 is 1.00 bits per heavy atom. The number of anilines is 1. The maximum atomic E-state index is 12.9. The number of nitro groups is 2. The van der Waals surface area contributed by atoms with Gasteiger partial charge in [-0.25, -0.2) is 0 Å². The Kier molecular flexibility index (Phi) is 7.86. The molecular formula is C25H18N4O9S. The molecular weight excluding hydrogens is 532 g/mol. The van der Waals surface area contributed by atoms with Crippen molar-refractivity contribution in [2.24, 2.45) is 0 Å². The second kappa shape index (κ2) is 11.4. The fourth-order valence-electron chi connectivity index (χ4n) is 3.51. The number of benzene rings is 3. The van der Waals surface area contributed by atoms with Crippen LogP contribution in [0.2, 0.25) is 0 Å². The number of carbonyl (C=O) groups is 3. The normalized spacial score (nSPS) is 13.9. The quantitative estimate of drug-likeness (QED) is 0.218. The minimum atomic E-state index is -0.799. The van der Waals surface area contributed by atoms with Crippen molar-refractivity contribution in [1.29, 1.82) is 0 Å². The van der Waals surface area contributed by atoms with Gasteiger partial charge in [-0.1, -0.05) is 24.3 Å². The Morgan fingerprint density at radius 2 is 1.77 bits per heavy atom. The van der Waals surface area contributed by atoms with Crippen molar-refractivity contribution in [1.82, 2.24) is 4.90 Å². The van der Waals surface area contributed by atoms with Crippen molar-refractivity contribution in [3.05, 3.63) is 97.4 Å². The first-order valence-electron chi connectivity index (χ1n) is 11.0. The summed E-state index contributed by atoms with van der Waals surface area (Å²) in [6, 6.07) is 15.8. The summed E-state index contributed by atoms with van der Waals surface area (Å²) in [5.41, 5.74) is -0.240. The number of methoxy groups -OCH3 is 1. The SMILES string of the molecule is COc1ccccc1NC(=O)CN1C(=O)S/C(=C/c2cccc(Oc3ccc([N+](=O)[O-])cc3[N+](=O)[O-])c2)C1=O. The molecule has 1 aliphatic rings. The van der Waals surface area contributed by atoms with Gasteiger partial charge >= 0.3 is 5.69 Å². The second-order valence-corrected chi connectivity index (χ2v) is 8.85. The van der Waals surface area contributed by atoms with Crippen LogP contribution in [0.4, 0.5) is 21.9 Å².